The number of carbonyl (C=O) groups excluding carboxylic acids is 1. The van der Waals surface area contributed by atoms with Gasteiger partial charge in [-0.15, -0.1) is 10.2 Å². The molecule has 6 heteroatoms. The second-order valence-electron chi connectivity index (χ2n) is 5.87. The molecule has 26 heavy (non-hydrogen) atoms. The highest BCUT2D eigenvalue weighted by Crippen LogP contribution is 2.18. The molecule has 5 nitrogen and oxygen atoms in total. The van der Waals surface area contributed by atoms with Gasteiger partial charge >= 0.3 is 0 Å². The Labute approximate surface area is 157 Å². The highest BCUT2D eigenvalue weighted by Gasteiger charge is 2.10. The number of nitrogens with zero attached hydrogens (tertiary/aromatic N) is 2. The maximum Gasteiger partial charge on any atom is 0.257 e. The van der Waals surface area contributed by atoms with Crippen LogP contribution in [0.15, 0.2) is 48.5 Å². The third-order valence-electron chi connectivity index (χ3n) is 4.06. The lowest BCUT2D eigenvalue weighted by Crippen LogP contribution is -2.12. The van der Waals surface area contributed by atoms with Gasteiger partial charge in [-0.1, -0.05) is 55.5 Å². The van der Waals surface area contributed by atoms with E-state index in [4.69, 9.17) is 0 Å². The van der Waals surface area contributed by atoms with Gasteiger partial charge in [0.25, 0.3) is 5.91 Å². The minimum absolute atomic E-state index is 0.167. The van der Waals surface area contributed by atoms with Crippen molar-refractivity contribution >= 4 is 28.1 Å². The van der Waals surface area contributed by atoms with Crippen molar-refractivity contribution < 1.29 is 4.79 Å². The summed E-state index contributed by atoms with van der Waals surface area (Å²) >= 11 is 1.41. The predicted molar refractivity (Wildman–Crippen MR) is 107 cm³/mol. The van der Waals surface area contributed by atoms with Crippen LogP contribution in [0, 0.1) is 0 Å². The number of para-hydroxylation sites is 1. The number of nitrogens with one attached hydrogen (secondary N) is 2. The van der Waals surface area contributed by atoms with Gasteiger partial charge in [0.2, 0.25) is 5.13 Å². The van der Waals surface area contributed by atoms with E-state index in [1.807, 2.05) is 37.3 Å². The van der Waals surface area contributed by atoms with Gasteiger partial charge in [-0.3, -0.25) is 10.1 Å². The maximum atomic E-state index is 12.4. The fourth-order valence-electron chi connectivity index (χ4n) is 2.64. The van der Waals surface area contributed by atoms with E-state index in [0.29, 0.717) is 17.2 Å². The number of benzene rings is 2. The average Bonchev–Trinajstić information content (AvgIpc) is 3.14. The molecule has 0 unspecified atom stereocenters. The highest BCUT2D eigenvalue weighted by atomic mass is 32.1. The Kier molecular flexibility index (Phi) is 5.96. The second-order valence-corrected chi connectivity index (χ2v) is 6.94. The number of anilines is 2. The van der Waals surface area contributed by atoms with Crippen molar-refractivity contribution in [3.63, 3.8) is 0 Å². The summed E-state index contributed by atoms with van der Waals surface area (Å²) in [4.78, 5) is 12.4. The first-order chi connectivity index (χ1) is 12.7. The molecular weight excluding hydrogens is 344 g/mol. The molecule has 1 heterocycles. The largest absolute Gasteiger partial charge is 0.381 e. The Morgan fingerprint density at radius 2 is 1.88 bits per heavy atom. The summed E-state index contributed by atoms with van der Waals surface area (Å²) in [5.74, 6) is -0.167. The van der Waals surface area contributed by atoms with Crippen molar-refractivity contribution in [1.29, 1.82) is 0 Å². The quantitative estimate of drug-likeness (QED) is 0.645. The summed E-state index contributed by atoms with van der Waals surface area (Å²) in [6, 6.07) is 15.9. The number of amides is 1. The van der Waals surface area contributed by atoms with Gasteiger partial charge in [0.1, 0.15) is 5.01 Å². The number of hydrogen-bond donors (Lipinski definition) is 2. The molecule has 2 N–H and O–H groups in total. The van der Waals surface area contributed by atoms with E-state index >= 15 is 0 Å². The van der Waals surface area contributed by atoms with Crippen LogP contribution >= 0.6 is 11.3 Å². The fourth-order valence-corrected chi connectivity index (χ4v) is 3.31. The minimum Gasteiger partial charge on any atom is -0.381 e. The van der Waals surface area contributed by atoms with E-state index in [1.54, 1.807) is 6.07 Å². The average molecular weight is 366 g/mol. The lowest BCUT2D eigenvalue weighted by Gasteiger charge is -2.11. The van der Waals surface area contributed by atoms with Crippen molar-refractivity contribution in [1.82, 2.24) is 10.2 Å². The van der Waals surface area contributed by atoms with Crippen LogP contribution in [0.25, 0.3) is 0 Å². The first-order valence-corrected chi connectivity index (χ1v) is 9.55. The predicted octanol–water partition coefficient (Wildman–Crippen LogP) is 4.53. The summed E-state index contributed by atoms with van der Waals surface area (Å²) < 4.78 is 0. The standard InChI is InChI=1S/C20H22N4OS/c1-3-15-9-5-6-11-17(15)21-13-14-8-7-10-16(12-14)19(25)22-20-24-23-18(4-2)26-20/h5-12,21H,3-4,13H2,1-2H3,(H,22,24,25). The summed E-state index contributed by atoms with van der Waals surface area (Å²) in [6.45, 7) is 4.82. The van der Waals surface area contributed by atoms with Crippen LogP contribution in [-0.2, 0) is 19.4 Å². The summed E-state index contributed by atoms with van der Waals surface area (Å²) in [7, 11) is 0. The summed E-state index contributed by atoms with van der Waals surface area (Å²) in [6.07, 6.45) is 1.79. The van der Waals surface area contributed by atoms with Crippen LogP contribution in [0.3, 0.4) is 0 Å². The van der Waals surface area contributed by atoms with Gasteiger partial charge in [-0.25, -0.2) is 0 Å². The van der Waals surface area contributed by atoms with E-state index in [1.165, 1.54) is 16.9 Å². The number of rotatable bonds is 7. The Balaban J connectivity index is 1.66. The topological polar surface area (TPSA) is 66.9 Å². The van der Waals surface area contributed by atoms with Crippen molar-refractivity contribution in [2.45, 2.75) is 33.2 Å². The lowest BCUT2D eigenvalue weighted by molar-refractivity contribution is 0.102. The number of aryl methyl sites for hydroxylation is 2. The zero-order chi connectivity index (χ0) is 18.4. The van der Waals surface area contributed by atoms with Gasteiger partial charge in [-0.2, -0.15) is 0 Å². The normalized spacial score (nSPS) is 10.5. The smallest absolute Gasteiger partial charge is 0.257 e. The summed E-state index contributed by atoms with van der Waals surface area (Å²) in [5, 5.41) is 15.7. The van der Waals surface area contributed by atoms with Gasteiger partial charge in [0, 0.05) is 17.8 Å². The second kappa shape index (κ2) is 8.58. The Hall–Kier alpha value is -2.73. The molecule has 0 saturated heterocycles. The fraction of sp³-hybridized carbons (Fsp3) is 0.250. The lowest BCUT2D eigenvalue weighted by atomic mass is 10.1. The molecule has 0 bridgehead atoms. The summed E-state index contributed by atoms with van der Waals surface area (Å²) in [5.41, 5.74) is 4.08. The first-order valence-electron chi connectivity index (χ1n) is 8.74. The third kappa shape index (κ3) is 4.46. The van der Waals surface area contributed by atoms with E-state index in [2.05, 4.69) is 39.9 Å². The molecule has 0 fully saturated rings. The highest BCUT2D eigenvalue weighted by molar-refractivity contribution is 7.15. The van der Waals surface area contributed by atoms with Crippen LogP contribution in [-0.4, -0.2) is 16.1 Å². The molecule has 0 saturated carbocycles. The number of hydrogen-bond acceptors (Lipinski definition) is 5. The van der Waals surface area contributed by atoms with Crippen LogP contribution in [0.2, 0.25) is 0 Å². The van der Waals surface area contributed by atoms with Crippen LogP contribution in [0.1, 0.15) is 40.3 Å². The van der Waals surface area contributed by atoms with Crippen molar-refractivity contribution in [2.24, 2.45) is 0 Å². The zero-order valence-electron chi connectivity index (χ0n) is 15.0. The van der Waals surface area contributed by atoms with Crippen LogP contribution in [0.5, 0.6) is 0 Å². The van der Waals surface area contributed by atoms with Gasteiger partial charge in [-0.05, 0) is 42.2 Å². The molecule has 0 aliphatic heterocycles. The molecule has 1 aromatic heterocycles. The van der Waals surface area contributed by atoms with Crippen molar-refractivity contribution in [2.75, 3.05) is 10.6 Å². The molecule has 0 radical (unpaired) electrons. The van der Waals surface area contributed by atoms with E-state index in [-0.39, 0.29) is 5.91 Å². The molecule has 0 aliphatic carbocycles. The molecule has 0 aliphatic rings. The van der Waals surface area contributed by atoms with Crippen LogP contribution in [0.4, 0.5) is 10.8 Å². The Bertz CT molecular complexity index is 891. The zero-order valence-corrected chi connectivity index (χ0v) is 15.8. The molecule has 1 amide bonds. The van der Waals surface area contributed by atoms with E-state index in [9.17, 15) is 4.79 Å². The molecule has 0 spiro atoms. The molecule has 3 aromatic rings. The molecule has 3 rings (SSSR count). The van der Waals surface area contributed by atoms with E-state index in [0.717, 1.165) is 29.1 Å². The third-order valence-corrected chi connectivity index (χ3v) is 5.04. The first kappa shape index (κ1) is 18.1. The van der Waals surface area contributed by atoms with Gasteiger partial charge in [0.15, 0.2) is 0 Å². The Morgan fingerprint density at radius 1 is 1.04 bits per heavy atom. The maximum absolute atomic E-state index is 12.4. The van der Waals surface area contributed by atoms with Gasteiger partial charge < -0.3 is 5.32 Å². The molecular formula is C20H22N4OS. The van der Waals surface area contributed by atoms with Crippen LogP contribution < -0.4 is 10.6 Å². The SMILES string of the molecule is CCc1nnc(NC(=O)c2cccc(CNc3ccccc3CC)c2)s1. The Morgan fingerprint density at radius 3 is 2.65 bits per heavy atom. The van der Waals surface area contributed by atoms with Crippen molar-refractivity contribution in [3.05, 3.63) is 70.2 Å². The molecule has 2 aromatic carbocycles. The minimum atomic E-state index is -0.167. The van der Waals surface area contributed by atoms with Gasteiger partial charge in [0.05, 0.1) is 0 Å². The molecule has 0 atom stereocenters. The molecule has 134 valence electrons. The monoisotopic (exact) mass is 366 g/mol. The number of aromatic nitrogens is 2. The van der Waals surface area contributed by atoms with Crippen molar-refractivity contribution in [3.8, 4) is 0 Å². The number of carbonyl (C=O) groups is 1. The van der Waals surface area contributed by atoms with E-state index < -0.39 is 0 Å².